The number of H-pyrrole nitrogens is 1. The van der Waals surface area contributed by atoms with Crippen LogP contribution in [0.5, 0.6) is 0 Å². The SMILES string of the molecule is CCNC(=O)c1cc(Cl)cc(C)c1NC(=O)c1cc(Cl)[nH]n1. The van der Waals surface area contributed by atoms with Crippen LogP contribution in [0.4, 0.5) is 5.69 Å². The maximum Gasteiger partial charge on any atom is 0.276 e. The summed E-state index contributed by atoms with van der Waals surface area (Å²) >= 11 is 11.7. The highest BCUT2D eigenvalue weighted by Gasteiger charge is 2.18. The molecule has 2 aromatic rings. The predicted molar refractivity (Wildman–Crippen MR) is 85.7 cm³/mol. The van der Waals surface area contributed by atoms with E-state index < -0.39 is 5.91 Å². The first kappa shape index (κ1) is 16.3. The number of nitrogens with zero attached hydrogens (tertiary/aromatic N) is 1. The second kappa shape index (κ2) is 6.81. The molecule has 1 heterocycles. The van der Waals surface area contributed by atoms with E-state index in [4.69, 9.17) is 23.2 Å². The van der Waals surface area contributed by atoms with Gasteiger partial charge in [0.15, 0.2) is 5.69 Å². The highest BCUT2D eigenvalue weighted by molar-refractivity contribution is 6.31. The third-order valence-electron chi connectivity index (χ3n) is 2.90. The van der Waals surface area contributed by atoms with Crippen LogP contribution in [0.2, 0.25) is 10.2 Å². The van der Waals surface area contributed by atoms with Gasteiger partial charge in [-0.2, -0.15) is 5.10 Å². The van der Waals surface area contributed by atoms with Gasteiger partial charge in [-0.25, -0.2) is 0 Å². The van der Waals surface area contributed by atoms with Crippen LogP contribution in [0.15, 0.2) is 18.2 Å². The van der Waals surface area contributed by atoms with Crippen LogP contribution in [0, 0.1) is 6.92 Å². The Morgan fingerprint density at radius 3 is 2.55 bits per heavy atom. The van der Waals surface area contributed by atoms with Gasteiger partial charge in [0.05, 0.1) is 11.3 Å². The van der Waals surface area contributed by atoms with Gasteiger partial charge in [-0.3, -0.25) is 14.7 Å². The summed E-state index contributed by atoms with van der Waals surface area (Å²) < 4.78 is 0. The molecular formula is C14H14Cl2N4O2. The van der Waals surface area contributed by atoms with Gasteiger partial charge >= 0.3 is 0 Å². The molecule has 0 unspecified atom stereocenters. The Kier molecular flexibility index (Phi) is 5.05. The molecule has 0 radical (unpaired) electrons. The Morgan fingerprint density at radius 2 is 1.95 bits per heavy atom. The standard InChI is InChI=1S/C14H14Cl2N4O2/c1-3-17-13(21)9-5-8(15)4-7(2)12(9)18-14(22)10-6-11(16)20-19-10/h4-6H,3H2,1-2H3,(H,17,21)(H,18,22)(H,19,20). The summed E-state index contributed by atoms with van der Waals surface area (Å²) in [5.74, 6) is -0.789. The van der Waals surface area contributed by atoms with Crippen LogP contribution in [-0.4, -0.2) is 28.6 Å². The van der Waals surface area contributed by atoms with Gasteiger partial charge in [0.25, 0.3) is 11.8 Å². The summed E-state index contributed by atoms with van der Waals surface area (Å²) in [7, 11) is 0. The van der Waals surface area contributed by atoms with Crippen molar-refractivity contribution in [1.29, 1.82) is 0 Å². The number of hydrogen-bond donors (Lipinski definition) is 3. The summed E-state index contributed by atoms with van der Waals surface area (Å²) in [6.07, 6.45) is 0. The molecule has 0 spiro atoms. The minimum Gasteiger partial charge on any atom is -0.352 e. The van der Waals surface area contributed by atoms with Gasteiger partial charge in [0, 0.05) is 17.6 Å². The summed E-state index contributed by atoms with van der Waals surface area (Å²) in [4.78, 5) is 24.3. The molecule has 116 valence electrons. The van der Waals surface area contributed by atoms with Crippen LogP contribution in [0.3, 0.4) is 0 Å². The number of carbonyl (C=O) groups is 2. The largest absolute Gasteiger partial charge is 0.352 e. The first-order valence-electron chi connectivity index (χ1n) is 6.53. The topological polar surface area (TPSA) is 86.9 Å². The maximum atomic E-state index is 12.2. The Labute approximate surface area is 137 Å². The fourth-order valence-corrected chi connectivity index (χ4v) is 2.35. The van der Waals surface area contributed by atoms with Crippen molar-refractivity contribution < 1.29 is 9.59 Å². The Morgan fingerprint density at radius 1 is 1.23 bits per heavy atom. The fourth-order valence-electron chi connectivity index (χ4n) is 1.94. The zero-order valence-electron chi connectivity index (χ0n) is 12.0. The molecule has 8 heteroatoms. The zero-order chi connectivity index (χ0) is 16.3. The highest BCUT2D eigenvalue weighted by Crippen LogP contribution is 2.26. The van der Waals surface area contributed by atoms with Crippen molar-refractivity contribution in [3.05, 3.63) is 45.2 Å². The molecule has 1 aromatic carbocycles. The average Bonchev–Trinajstić information content (AvgIpc) is 2.88. The number of hydrogen-bond acceptors (Lipinski definition) is 3. The van der Waals surface area contributed by atoms with Gasteiger partial charge in [0.1, 0.15) is 5.15 Å². The van der Waals surface area contributed by atoms with Gasteiger partial charge in [-0.05, 0) is 31.5 Å². The highest BCUT2D eigenvalue weighted by atomic mass is 35.5. The van der Waals surface area contributed by atoms with E-state index in [2.05, 4.69) is 20.8 Å². The molecule has 2 rings (SSSR count). The maximum absolute atomic E-state index is 12.2. The van der Waals surface area contributed by atoms with Crippen molar-refractivity contribution in [2.45, 2.75) is 13.8 Å². The summed E-state index contributed by atoms with van der Waals surface area (Å²) in [6, 6.07) is 4.57. The normalized spacial score (nSPS) is 10.4. The van der Waals surface area contributed by atoms with E-state index in [1.807, 2.05) is 0 Å². The van der Waals surface area contributed by atoms with Crippen LogP contribution in [-0.2, 0) is 0 Å². The first-order chi connectivity index (χ1) is 10.4. The predicted octanol–water partition coefficient (Wildman–Crippen LogP) is 3.03. The first-order valence-corrected chi connectivity index (χ1v) is 7.28. The smallest absolute Gasteiger partial charge is 0.276 e. The van der Waals surface area contributed by atoms with Crippen molar-refractivity contribution in [3.8, 4) is 0 Å². The number of anilines is 1. The van der Waals surface area contributed by atoms with Crippen LogP contribution in [0.25, 0.3) is 0 Å². The number of carbonyl (C=O) groups excluding carboxylic acids is 2. The van der Waals surface area contributed by atoms with Crippen molar-refractivity contribution >= 4 is 40.7 Å². The number of halogens is 2. The molecule has 2 amide bonds. The van der Waals surface area contributed by atoms with Crippen LogP contribution >= 0.6 is 23.2 Å². The Hall–Kier alpha value is -2.05. The number of benzene rings is 1. The molecule has 0 bridgehead atoms. The minimum absolute atomic E-state index is 0.126. The van der Waals surface area contributed by atoms with Gasteiger partial charge < -0.3 is 10.6 Å². The van der Waals surface area contributed by atoms with Crippen LogP contribution in [0.1, 0.15) is 33.3 Å². The molecule has 0 atom stereocenters. The molecule has 0 aliphatic rings. The van der Waals surface area contributed by atoms with E-state index in [0.29, 0.717) is 28.4 Å². The third-order valence-corrected chi connectivity index (χ3v) is 3.31. The Balaban J connectivity index is 2.37. The molecule has 0 aliphatic carbocycles. The quantitative estimate of drug-likeness (QED) is 0.799. The minimum atomic E-state index is -0.473. The number of nitrogens with one attached hydrogen (secondary N) is 3. The lowest BCUT2D eigenvalue weighted by Crippen LogP contribution is -2.25. The van der Waals surface area contributed by atoms with Crippen molar-refractivity contribution in [3.63, 3.8) is 0 Å². The second-order valence-electron chi connectivity index (χ2n) is 4.56. The Bertz CT molecular complexity index is 728. The molecule has 22 heavy (non-hydrogen) atoms. The number of rotatable bonds is 4. The number of aryl methyl sites for hydroxylation is 1. The molecule has 3 N–H and O–H groups in total. The monoisotopic (exact) mass is 340 g/mol. The molecule has 6 nitrogen and oxygen atoms in total. The lowest BCUT2D eigenvalue weighted by atomic mass is 10.1. The van der Waals surface area contributed by atoms with Crippen LogP contribution < -0.4 is 10.6 Å². The lowest BCUT2D eigenvalue weighted by molar-refractivity contribution is 0.0956. The fraction of sp³-hybridized carbons (Fsp3) is 0.214. The van der Waals surface area contributed by atoms with E-state index in [1.165, 1.54) is 12.1 Å². The third kappa shape index (κ3) is 3.58. The zero-order valence-corrected chi connectivity index (χ0v) is 13.5. The van der Waals surface area contributed by atoms with Crippen molar-refractivity contribution in [2.24, 2.45) is 0 Å². The molecule has 1 aromatic heterocycles. The average molecular weight is 341 g/mol. The second-order valence-corrected chi connectivity index (χ2v) is 5.40. The molecule has 0 saturated carbocycles. The molecular weight excluding hydrogens is 327 g/mol. The summed E-state index contributed by atoms with van der Waals surface area (Å²) in [5, 5.41) is 12.3. The number of aromatic nitrogens is 2. The number of amides is 2. The summed E-state index contributed by atoms with van der Waals surface area (Å²) in [6.45, 7) is 4.02. The number of aromatic amines is 1. The summed E-state index contributed by atoms with van der Waals surface area (Å²) in [5.41, 5.74) is 1.48. The molecule has 0 fully saturated rings. The molecule has 0 saturated heterocycles. The van der Waals surface area contributed by atoms with Gasteiger partial charge in [-0.15, -0.1) is 0 Å². The van der Waals surface area contributed by atoms with Crippen molar-refractivity contribution in [2.75, 3.05) is 11.9 Å². The van der Waals surface area contributed by atoms with Gasteiger partial charge in [-0.1, -0.05) is 23.2 Å². The van der Waals surface area contributed by atoms with E-state index >= 15 is 0 Å². The lowest BCUT2D eigenvalue weighted by Gasteiger charge is -2.13. The van der Waals surface area contributed by atoms with E-state index in [9.17, 15) is 9.59 Å². The van der Waals surface area contributed by atoms with E-state index in [1.54, 1.807) is 19.9 Å². The van der Waals surface area contributed by atoms with Gasteiger partial charge in [0.2, 0.25) is 0 Å². The van der Waals surface area contributed by atoms with E-state index in [0.717, 1.165) is 0 Å². The van der Waals surface area contributed by atoms with Crippen molar-refractivity contribution in [1.82, 2.24) is 15.5 Å². The molecule has 0 aliphatic heterocycles. The van der Waals surface area contributed by atoms with E-state index in [-0.39, 0.29) is 16.8 Å².